The molecule has 0 heterocycles. The van der Waals surface area contributed by atoms with Gasteiger partial charge in [-0.15, -0.1) is 0 Å². The Balaban J connectivity index is 5.23. The minimum atomic E-state index is -4.96. The molecule has 0 aromatic heterocycles. The van der Waals surface area contributed by atoms with E-state index in [0.717, 1.165) is 96.3 Å². The molecule has 0 fully saturated rings. The highest BCUT2D eigenvalue weighted by atomic mass is 31.2. The molecule has 19 heteroatoms. The summed E-state index contributed by atoms with van der Waals surface area (Å²) in [6, 6.07) is 0. The number of esters is 4. The minimum Gasteiger partial charge on any atom is -0.462 e. The molecule has 0 aliphatic rings. The minimum absolute atomic E-state index is 0.107. The van der Waals surface area contributed by atoms with Crippen LogP contribution < -0.4 is 0 Å². The third-order valence-electron chi connectivity index (χ3n) is 18.3. The van der Waals surface area contributed by atoms with Gasteiger partial charge in [-0.25, -0.2) is 9.13 Å². The van der Waals surface area contributed by atoms with E-state index in [-0.39, 0.29) is 25.7 Å². The van der Waals surface area contributed by atoms with Crippen LogP contribution in [0.3, 0.4) is 0 Å². The van der Waals surface area contributed by atoms with Crippen molar-refractivity contribution in [2.45, 2.75) is 432 Å². The molecule has 0 bridgehead atoms. The molecule has 3 N–H and O–H groups in total. The van der Waals surface area contributed by atoms with Gasteiger partial charge in [0.2, 0.25) is 0 Å². The maximum atomic E-state index is 13.1. The van der Waals surface area contributed by atoms with Gasteiger partial charge in [-0.2, -0.15) is 0 Å². The third-order valence-corrected chi connectivity index (χ3v) is 20.2. The zero-order valence-electron chi connectivity index (χ0n) is 63.2. The molecular weight excluding hydrogens is 1270 g/mol. The molecule has 576 valence electrons. The molecule has 97 heavy (non-hydrogen) atoms. The summed E-state index contributed by atoms with van der Waals surface area (Å²) in [6.07, 6.45) is 61.1. The Morgan fingerprint density at radius 3 is 0.701 bits per heavy atom. The second kappa shape index (κ2) is 71.1. The molecule has 0 rings (SSSR count). The molecule has 0 saturated carbocycles. The van der Waals surface area contributed by atoms with Crippen LogP contribution in [0.25, 0.3) is 0 Å². The number of aliphatic hydroxyl groups is 1. The van der Waals surface area contributed by atoms with Crippen molar-refractivity contribution in [3.63, 3.8) is 0 Å². The van der Waals surface area contributed by atoms with Crippen LogP contribution in [0.2, 0.25) is 0 Å². The topological polar surface area (TPSA) is 237 Å². The molecule has 5 atom stereocenters. The first-order chi connectivity index (χ1) is 47.0. The molecule has 0 aliphatic heterocycles. The van der Waals surface area contributed by atoms with Crippen molar-refractivity contribution >= 4 is 39.5 Å². The van der Waals surface area contributed by atoms with Crippen molar-refractivity contribution in [3.8, 4) is 0 Å². The first kappa shape index (κ1) is 95.1. The summed E-state index contributed by atoms with van der Waals surface area (Å²) in [5, 5.41) is 10.6. The second-order valence-corrected chi connectivity index (χ2v) is 31.5. The van der Waals surface area contributed by atoms with Crippen molar-refractivity contribution in [1.29, 1.82) is 0 Å². The van der Waals surface area contributed by atoms with Crippen LogP contribution in [-0.4, -0.2) is 96.7 Å². The average Bonchev–Trinajstić information content (AvgIpc) is 1.67. The van der Waals surface area contributed by atoms with E-state index in [2.05, 4.69) is 34.6 Å². The predicted octanol–water partition coefficient (Wildman–Crippen LogP) is 23.3. The summed E-state index contributed by atoms with van der Waals surface area (Å²) in [5.41, 5.74) is 0. The van der Waals surface area contributed by atoms with Gasteiger partial charge in [-0.1, -0.05) is 362 Å². The fourth-order valence-corrected chi connectivity index (χ4v) is 13.6. The van der Waals surface area contributed by atoms with Crippen molar-refractivity contribution in [3.05, 3.63) is 0 Å². The smallest absolute Gasteiger partial charge is 0.462 e. The molecule has 0 saturated heterocycles. The Morgan fingerprint density at radius 2 is 0.474 bits per heavy atom. The summed E-state index contributed by atoms with van der Waals surface area (Å²) < 4.78 is 68.6. The fraction of sp³-hybridized carbons (Fsp3) is 0.949. The van der Waals surface area contributed by atoms with E-state index >= 15 is 0 Å². The molecule has 17 nitrogen and oxygen atoms in total. The molecule has 2 unspecified atom stereocenters. The molecule has 0 amide bonds. The van der Waals surface area contributed by atoms with E-state index in [9.17, 15) is 43.2 Å². The predicted molar refractivity (Wildman–Crippen MR) is 395 cm³/mol. The fourth-order valence-electron chi connectivity index (χ4n) is 12.1. The maximum Gasteiger partial charge on any atom is 0.472 e. The standard InChI is InChI=1S/C78H152O17P2/c1-6-9-12-15-18-21-24-27-30-32-35-38-41-44-47-54-59-63-77(82)94-73(67-88-75(80)61-56-51-45-42-39-36-34-31-28-25-22-19-16-13-10-7-2)69-92-96(84,85)90-65-72(79)66-91-97(86,87)93-70-74(68-89-76(81)62-57-52-49-48-50-55-60-71(4)5)95-78(83)64-58-53-46-43-40-37-33-29-26-23-20-17-14-11-8-3/h71-74,79H,6-70H2,1-5H3,(H,84,85)(H,86,87)/t72-,73-,74-/m1/s1. The number of phosphoric ester groups is 2. The number of aliphatic hydroxyl groups excluding tert-OH is 1. The average molecular weight is 1420 g/mol. The summed E-state index contributed by atoms with van der Waals surface area (Å²) in [6.45, 7) is 7.24. The van der Waals surface area contributed by atoms with E-state index < -0.39 is 97.5 Å². The van der Waals surface area contributed by atoms with Crippen LogP contribution in [-0.2, 0) is 65.4 Å². The number of ether oxygens (including phenoxy) is 4. The van der Waals surface area contributed by atoms with Crippen molar-refractivity contribution < 1.29 is 80.2 Å². The summed E-state index contributed by atoms with van der Waals surface area (Å²) >= 11 is 0. The summed E-state index contributed by atoms with van der Waals surface area (Å²) in [7, 11) is -9.91. The summed E-state index contributed by atoms with van der Waals surface area (Å²) in [5.74, 6) is -1.43. The van der Waals surface area contributed by atoms with Crippen LogP contribution in [0.5, 0.6) is 0 Å². The second-order valence-electron chi connectivity index (χ2n) is 28.6. The molecule has 0 aromatic carbocycles. The number of carbonyl (C=O) groups is 4. The Kier molecular flexibility index (Phi) is 69.6. The van der Waals surface area contributed by atoms with E-state index in [1.165, 1.54) is 231 Å². The van der Waals surface area contributed by atoms with Gasteiger partial charge in [-0.3, -0.25) is 37.3 Å². The molecule has 0 spiro atoms. The molecular formula is C78H152O17P2. The summed E-state index contributed by atoms with van der Waals surface area (Å²) in [4.78, 5) is 72.9. The van der Waals surface area contributed by atoms with Gasteiger partial charge in [-0.05, 0) is 31.6 Å². The van der Waals surface area contributed by atoms with Gasteiger partial charge in [0.25, 0.3) is 0 Å². The number of phosphoric acid groups is 2. The van der Waals surface area contributed by atoms with Gasteiger partial charge < -0.3 is 33.8 Å². The highest BCUT2D eigenvalue weighted by molar-refractivity contribution is 7.47. The normalized spacial score (nSPS) is 13.9. The number of unbranched alkanes of at least 4 members (excludes halogenated alkanes) is 50. The lowest BCUT2D eigenvalue weighted by Crippen LogP contribution is -2.30. The van der Waals surface area contributed by atoms with Crippen molar-refractivity contribution in [1.82, 2.24) is 0 Å². The number of hydrogen-bond acceptors (Lipinski definition) is 15. The Labute approximate surface area is 594 Å². The first-order valence-electron chi connectivity index (χ1n) is 40.6. The van der Waals surface area contributed by atoms with E-state index in [1.54, 1.807) is 0 Å². The number of hydrogen-bond donors (Lipinski definition) is 3. The largest absolute Gasteiger partial charge is 0.472 e. The third kappa shape index (κ3) is 72.2. The van der Waals surface area contributed by atoms with Crippen LogP contribution in [0.4, 0.5) is 0 Å². The number of rotatable bonds is 78. The number of carbonyl (C=O) groups excluding carboxylic acids is 4. The van der Waals surface area contributed by atoms with E-state index in [4.69, 9.17) is 37.0 Å². The van der Waals surface area contributed by atoms with Gasteiger partial charge >= 0.3 is 39.5 Å². The first-order valence-corrected chi connectivity index (χ1v) is 43.6. The maximum absolute atomic E-state index is 13.1. The molecule has 0 aromatic rings. The van der Waals surface area contributed by atoms with Gasteiger partial charge in [0.1, 0.15) is 19.3 Å². The van der Waals surface area contributed by atoms with Gasteiger partial charge in [0, 0.05) is 25.7 Å². The zero-order valence-corrected chi connectivity index (χ0v) is 65.0. The van der Waals surface area contributed by atoms with Crippen molar-refractivity contribution in [2.75, 3.05) is 39.6 Å². The van der Waals surface area contributed by atoms with Crippen molar-refractivity contribution in [2.24, 2.45) is 5.92 Å². The zero-order chi connectivity index (χ0) is 71.2. The Bertz CT molecular complexity index is 1860. The van der Waals surface area contributed by atoms with Crippen LogP contribution in [0.15, 0.2) is 0 Å². The lowest BCUT2D eigenvalue weighted by molar-refractivity contribution is -0.161. The van der Waals surface area contributed by atoms with Gasteiger partial charge in [0.15, 0.2) is 12.2 Å². The van der Waals surface area contributed by atoms with E-state index in [1.807, 2.05) is 0 Å². The molecule has 0 radical (unpaired) electrons. The van der Waals surface area contributed by atoms with E-state index in [0.29, 0.717) is 31.6 Å². The highest BCUT2D eigenvalue weighted by Gasteiger charge is 2.30. The van der Waals surface area contributed by atoms with Crippen LogP contribution >= 0.6 is 15.6 Å². The Morgan fingerprint density at radius 1 is 0.278 bits per heavy atom. The lowest BCUT2D eigenvalue weighted by Gasteiger charge is -2.21. The lowest BCUT2D eigenvalue weighted by atomic mass is 10.0. The van der Waals surface area contributed by atoms with Gasteiger partial charge in [0.05, 0.1) is 26.4 Å². The van der Waals surface area contributed by atoms with Crippen LogP contribution in [0.1, 0.15) is 413 Å². The SMILES string of the molecule is CCCCCCCCCCCCCCCCCCCC(=O)O[C@H](COC(=O)CCCCCCCCCCCCCCCCCC)COP(=O)(O)OC[C@@H](O)COP(=O)(O)OC[C@@H](COC(=O)CCCCCCCCC(C)C)OC(=O)CCCCCCCCCCCCCCCCC. The quantitative estimate of drug-likeness (QED) is 0.0222. The highest BCUT2D eigenvalue weighted by Crippen LogP contribution is 2.45. The Hall–Kier alpha value is -1.94. The van der Waals surface area contributed by atoms with Crippen LogP contribution in [0, 0.1) is 5.92 Å². The molecule has 0 aliphatic carbocycles. The monoisotopic (exact) mass is 1420 g/mol.